The first-order valence-corrected chi connectivity index (χ1v) is 17.8. The Morgan fingerprint density at radius 3 is 2.10 bits per heavy atom. The van der Waals surface area contributed by atoms with E-state index in [1.165, 1.54) is 32.1 Å². The van der Waals surface area contributed by atoms with Gasteiger partial charge in [0.2, 0.25) is 0 Å². The molecule has 0 spiro atoms. The van der Waals surface area contributed by atoms with Crippen molar-refractivity contribution in [2.45, 2.75) is 151 Å². The Balaban J connectivity index is 1.30. The molecule has 4 nitrogen and oxygen atoms in total. The van der Waals surface area contributed by atoms with E-state index in [1.807, 2.05) is 0 Å². The summed E-state index contributed by atoms with van der Waals surface area (Å²) in [7, 11) is 0. The van der Waals surface area contributed by atoms with Crippen LogP contribution in [0.2, 0.25) is 0 Å². The lowest BCUT2D eigenvalue weighted by Gasteiger charge is -2.73. The number of carbonyl (C=O) groups excluding carboxylic acids is 3. The van der Waals surface area contributed by atoms with Crippen molar-refractivity contribution < 1.29 is 19.1 Å². The summed E-state index contributed by atoms with van der Waals surface area (Å²) >= 11 is 0. The third-order valence-electron chi connectivity index (χ3n) is 15.7. The van der Waals surface area contributed by atoms with E-state index in [0.717, 1.165) is 44.9 Å². The van der Waals surface area contributed by atoms with E-state index in [1.54, 1.807) is 6.92 Å². The summed E-state index contributed by atoms with van der Waals surface area (Å²) in [5.74, 6) is 4.28. The molecule has 0 saturated heterocycles. The molecule has 5 unspecified atom stereocenters. The number of rotatable bonds is 7. The second-order valence-corrected chi connectivity index (χ2v) is 18.0. The van der Waals surface area contributed by atoms with Crippen molar-refractivity contribution in [1.82, 2.24) is 0 Å². The van der Waals surface area contributed by atoms with Crippen molar-refractivity contribution in [2.75, 3.05) is 0 Å². The average molecular weight is 581 g/mol. The van der Waals surface area contributed by atoms with Crippen LogP contribution < -0.4 is 0 Å². The van der Waals surface area contributed by atoms with Crippen molar-refractivity contribution in [3.05, 3.63) is 0 Å². The summed E-state index contributed by atoms with van der Waals surface area (Å²) in [6, 6.07) is 0. The second-order valence-electron chi connectivity index (χ2n) is 18.0. The highest BCUT2D eigenvalue weighted by molar-refractivity contribution is 5.89. The molecule has 10 atom stereocenters. The monoisotopic (exact) mass is 580 g/mol. The van der Waals surface area contributed by atoms with Crippen LogP contribution in [0.3, 0.4) is 0 Å². The molecule has 42 heavy (non-hydrogen) atoms. The fraction of sp³-hybridized carbons (Fsp3) is 0.921. The second kappa shape index (κ2) is 10.2. The number of Topliss-reactive ketones (excluding diaryl/α,β-unsaturated/α-hetero) is 2. The van der Waals surface area contributed by atoms with E-state index >= 15 is 0 Å². The average Bonchev–Trinajstić information content (AvgIpc) is 3.69. The van der Waals surface area contributed by atoms with Crippen LogP contribution in [-0.2, 0) is 19.1 Å². The van der Waals surface area contributed by atoms with Crippen LogP contribution >= 0.6 is 0 Å². The predicted octanol–water partition coefficient (Wildman–Crippen LogP) is 8.98. The molecule has 6 aliphatic rings. The summed E-state index contributed by atoms with van der Waals surface area (Å²) in [6.07, 6.45) is 14.5. The molecule has 6 saturated carbocycles. The van der Waals surface area contributed by atoms with Crippen LogP contribution in [0.25, 0.3) is 0 Å². The van der Waals surface area contributed by atoms with Crippen LogP contribution in [0.1, 0.15) is 145 Å². The molecule has 0 bridgehead atoms. The number of ketones is 2. The van der Waals surface area contributed by atoms with Gasteiger partial charge in [0.1, 0.15) is 17.7 Å². The number of hydrogen-bond acceptors (Lipinski definition) is 4. The lowest BCUT2D eigenvalue weighted by atomic mass is 9.32. The van der Waals surface area contributed by atoms with Gasteiger partial charge in [-0.15, -0.1) is 0 Å². The molecule has 0 aliphatic heterocycles. The van der Waals surface area contributed by atoms with Crippen molar-refractivity contribution in [3.63, 3.8) is 0 Å². The van der Waals surface area contributed by atoms with E-state index in [0.29, 0.717) is 54.1 Å². The fourth-order valence-electron chi connectivity index (χ4n) is 13.2. The van der Waals surface area contributed by atoms with E-state index in [-0.39, 0.29) is 50.8 Å². The SMILES string of the molecule is CC(=O)CCC(=O)[C@]12CCC(C(C)C)C1C1CCC3[C@@]4(C)CC[C@@H](OC(=O)C5CC5)C(C)(C)C4CC[C@@]3(C)[C@]1(C)CC2. The Labute approximate surface area is 256 Å². The van der Waals surface area contributed by atoms with Gasteiger partial charge in [0.05, 0.1) is 5.92 Å². The Hall–Kier alpha value is -1.19. The van der Waals surface area contributed by atoms with E-state index < -0.39 is 0 Å². The molecule has 0 heterocycles. The van der Waals surface area contributed by atoms with E-state index in [2.05, 4.69) is 48.5 Å². The normalized spacial score (nSPS) is 47.5. The third-order valence-corrected chi connectivity index (χ3v) is 15.7. The molecule has 236 valence electrons. The topological polar surface area (TPSA) is 60.4 Å². The molecule has 0 N–H and O–H groups in total. The van der Waals surface area contributed by atoms with Gasteiger partial charge in [-0.3, -0.25) is 9.59 Å². The van der Waals surface area contributed by atoms with Crippen LogP contribution in [-0.4, -0.2) is 23.6 Å². The molecule has 6 rings (SSSR count). The van der Waals surface area contributed by atoms with Crippen LogP contribution in [0.4, 0.5) is 0 Å². The molecule has 0 aromatic rings. The molecule has 0 aromatic carbocycles. The van der Waals surface area contributed by atoms with Crippen molar-refractivity contribution in [2.24, 2.45) is 68.5 Å². The van der Waals surface area contributed by atoms with Gasteiger partial charge < -0.3 is 9.53 Å². The lowest BCUT2D eigenvalue weighted by Crippen LogP contribution is -2.67. The summed E-state index contributed by atoms with van der Waals surface area (Å²) in [5, 5.41) is 0. The van der Waals surface area contributed by atoms with Crippen LogP contribution in [0, 0.1) is 68.5 Å². The van der Waals surface area contributed by atoms with Crippen molar-refractivity contribution in [1.29, 1.82) is 0 Å². The minimum absolute atomic E-state index is 0.00429. The van der Waals surface area contributed by atoms with Crippen molar-refractivity contribution >= 4 is 17.5 Å². The van der Waals surface area contributed by atoms with Crippen LogP contribution in [0.5, 0.6) is 0 Å². The standard InChI is InChI=1S/C38H60O4/c1-23(2)26-15-20-38(30(40)14-9-24(3)39)22-21-36(7)27(32(26)38)12-13-29-35(6)18-17-31(42-33(41)25-10-11-25)34(4,5)28(35)16-19-37(29,36)8/h23,25-29,31-32H,9-22H2,1-8H3/t26?,27?,28?,29?,31-,32?,35+,36-,37-,38-/m1/s1. The van der Waals surface area contributed by atoms with Gasteiger partial charge in [0.25, 0.3) is 0 Å². The van der Waals surface area contributed by atoms with Gasteiger partial charge in [-0.1, -0.05) is 48.5 Å². The summed E-state index contributed by atoms with van der Waals surface area (Å²) in [6.45, 7) is 19.2. The maximum absolute atomic E-state index is 14.1. The quantitative estimate of drug-likeness (QED) is 0.282. The van der Waals surface area contributed by atoms with Gasteiger partial charge >= 0.3 is 5.97 Å². The van der Waals surface area contributed by atoms with Crippen molar-refractivity contribution in [3.8, 4) is 0 Å². The predicted molar refractivity (Wildman–Crippen MR) is 167 cm³/mol. The zero-order valence-corrected chi connectivity index (χ0v) is 28.2. The molecular formula is C38H60O4. The van der Waals surface area contributed by atoms with Gasteiger partial charge in [0, 0.05) is 23.7 Å². The molecule has 4 heteroatoms. The maximum Gasteiger partial charge on any atom is 0.309 e. The smallest absolute Gasteiger partial charge is 0.309 e. The first-order chi connectivity index (χ1) is 19.6. The molecule has 6 fully saturated rings. The molecule has 0 radical (unpaired) electrons. The van der Waals surface area contributed by atoms with E-state index in [4.69, 9.17) is 4.74 Å². The minimum atomic E-state index is -0.204. The molecular weight excluding hydrogens is 520 g/mol. The largest absolute Gasteiger partial charge is 0.462 e. The van der Waals surface area contributed by atoms with Gasteiger partial charge in [-0.05, 0) is 136 Å². The number of fused-ring (bicyclic) bond motifs is 7. The van der Waals surface area contributed by atoms with Gasteiger partial charge in [-0.25, -0.2) is 0 Å². The summed E-state index contributed by atoms with van der Waals surface area (Å²) in [4.78, 5) is 38.7. The molecule has 6 aliphatic carbocycles. The number of hydrogen-bond donors (Lipinski definition) is 0. The van der Waals surface area contributed by atoms with Crippen LogP contribution in [0.15, 0.2) is 0 Å². The Bertz CT molecular complexity index is 1120. The van der Waals surface area contributed by atoms with Gasteiger partial charge in [0.15, 0.2) is 0 Å². The highest BCUT2D eigenvalue weighted by atomic mass is 16.5. The highest BCUT2D eigenvalue weighted by Gasteiger charge is 2.72. The Morgan fingerprint density at radius 1 is 0.738 bits per heavy atom. The Morgan fingerprint density at radius 2 is 1.45 bits per heavy atom. The first-order valence-electron chi connectivity index (χ1n) is 17.8. The maximum atomic E-state index is 14.1. The fourth-order valence-corrected chi connectivity index (χ4v) is 13.2. The van der Waals surface area contributed by atoms with Gasteiger partial charge in [-0.2, -0.15) is 0 Å². The van der Waals surface area contributed by atoms with E-state index in [9.17, 15) is 14.4 Å². The number of ether oxygens (including phenoxy) is 1. The highest BCUT2D eigenvalue weighted by Crippen LogP contribution is 2.77. The zero-order chi connectivity index (χ0) is 30.5. The molecule has 0 aromatic heterocycles. The number of esters is 1. The minimum Gasteiger partial charge on any atom is -0.462 e. The lowest BCUT2D eigenvalue weighted by molar-refractivity contribution is -0.250. The summed E-state index contributed by atoms with van der Waals surface area (Å²) in [5.41, 5.74) is 0.537. The third kappa shape index (κ3) is 4.28. The molecule has 0 amide bonds. The summed E-state index contributed by atoms with van der Waals surface area (Å²) < 4.78 is 6.25. The first kappa shape index (κ1) is 30.8. The number of carbonyl (C=O) groups is 3. The Kier molecular flexibility index (Phi) is 7.46. The zero-order valence-electron chi connectivity index (χ0n) is 28.2.